The van der Waals surface area contributed by atoms with E-state index in [0.717, 1.165) is 5.69 Å². The molecule has 0 aliphatic carbocycles. The quantitative estimate of drug-likeness (QED) is 0.649. The first-order valence-electron chi connectivity index (χ1n) is 8.13. The van der Waals surface area contributed by atoms with Crippen molar-refractivity contribution in [3.05, 3.63) is 35.7 Å². The SMILES string of the molecule is CC(C)c1ccc(-n2nnnc2SCc2nc(N)nc(N(C)C)n2)cc1. The van der Waals surface area contributed by atoms with Gasteiger partial charge in [-0.2, -0.15) is 19.6 Å². The highest BCUT2D eigenvalue weighted by atomic mass is 32.2. The van der Waals surface area contributed by atoms with Crippen LogP contribution in [0.1, 0.15) is 31.2 Å². The molecule has 0 unspecified atom stereocenters. The summed E-state index contributed by atoms with van der Waals surface area (Å²) in [6.07, 6.45) is 0. The number of benzene rings is 1. The minimum atomic E-state index is 0.197. The van der Waals surface area contributed by atoms with E-state index in [9.17, 15) is 0 Å². The van der Waals surface area contributed by atoms with Crippen molar-refractivity contribution < 1.29 is 0 Å². The summed E-state index contributed by atoms with van der Waals surface area (Å²) >= 11 is 1.44. The number of anilines is 2. The molecular weight excluding hydrogens is 350 g/mol. The molecule has 0 saturated heterocycles. The maximum Gasteiger partial charge on any atom is 0.229 e. The molecule has 0 saturated carbocycles. The van der Waals surface area contributed by atoms with Crippen molar-refractivity contribution >= 4 is 23.7 Å². The molecule has 0 aliphatic heterocycles. The van der Waals surface area contributed by atoms with Crippen molar-refractivity contribution in [1.82, 2.24) is 35.2 Å². The van der Waals surface area contributed by atoms with Gasteiger partial charge in [-0.25, -0.2) is 0 Å². The Balaban J connectivity index is 1.77. The Morgan fingerprint density at radius 3 is 2.50 bits per heavy atom. The van der Waals surface area contributed by atoms with Crippen LogP contribution in [0.5, 0.6) is 0 Å². The molecule has 2 heterocycles. The third-order valence-corrected chi connectivity index (χ3v) is 4.58. The average Bonchev–Trinajstić information content (AvgIpc) is 3.08. The van der Waals surface area contributed by atoms with Crippen LogP contribution in [0.25, 0.3) is 5.69 Å². The minimum Gasteiger partial charge on any atom is -0.368 e. The van der Waals surface area contributed by atoms with Crippen LogP contribution in [0.3, 0.4) is 0 Å². The molecule has 26 heavy (non-hydrogen) atoms. The Hall–Kier alpha value is -2.75. The van der Waals surface area contributed by atoms with E-state index in [1.165, 1.54) is 17.3 Å². The summed E-state index contributed by atoms with van der Waals surface area (Å²) < 4.78 is 1.70. The molecule has 0 radical (unpaired) electrons. The van der Waals surface area contributed by atoms with E-state index in [1.54, 1.807) is 9.58 Å². The minimum absolute atomic E-state index is 0.197. The van der Waals surface area contributed by atoms with Crippen LogP contribution in [0.15, 0.2) is 29.4 Å². The lowest BCUT2D eigenvalue weighted by molar-refractivity contribution is 0.754. The molecule has 10 heteroatoms. The van der Waals surface area contributed by atoms with E-state index in [4.69, 9.17) is 5.73 Å². The highest BCUT2D eigenvalue weighted by Crippen LogP contribution is 2.23. The summed E-state index contributed by atoms with van der Waals surface area (Å²) in [6, 6.07) is 8.21. The van der Waals surface area contributed by atoms with Crippen LogP contribution >= 0.6 is 11.8 Å². The molecule has 9 nitrogen and oxygen atoms in total. The number of nitrogen functional groups attached to an aromatic ring is 1. The van der Waals surface area contributed by atoms with Crippen LogP contribution in [0.4, 0.5) is 11.9 Å². The fourth-order valence-electron chi connectivity index (χ4n) is 2.25. The number of nitrogens with two attached hydrogens (primary N) is 1. The second-order valence-electron chi connectivity index (χ2n) is 6.21. The van der Waals surface area contributed by atoms with Crippen LogP contribution in [0, 0.1) is 0 Å². The monoisotopic (exact) mass is 371 g/mol. The van der Waals surface area contributed by atoms with Gasteiger partial charge in [-0.3, -0.25) is 0 Å². The maximum atomic E-state index is 5.76. The number of tetrazole rings is 1. The Kier molecular flexibility index (Phi) is 5.31. The van der Waals surface area contributed by atoms with Gasteiger partial charge in [0.05, 0.1) is 11.4 Å². The fourth-order valence-corrected chi connectivity index (χ4v) is 3.00. The standard InChI is InChI=1S/C16H21N9S/c1-10(2)11-5-7-12(8-6-11)25-16(21-22-23-25)26-9-13-18-14(17)20-15(19-13)24(3)4/h5-8,10H,9H2,1-4H3,(H2,17,18,19,20). The number of nitrogens with zero attached hydrogens (tertiary/aromatic N) is 8. The largest absolute Gasteiger partial charge is 0.368 e. The van der Waals surface area contributed by atoms with Gasteiger partial charge in [0, 0.05) is 14.1 Å². The van der Waals surface area contributed by atoms with Gasteiger partial charge in [-0.05, 0) is 34.0 Å². The Labute approximate surface area is 156 Å². The van der Waals surface area contributed by atoms with Crippen molar-refractivity contribution in [2.75, 3.05) is 24.7 Å². The zero-order valence-electron chi connectivity index (χ0n) is 15.2. The summed E-state index contributed by atoms with van der Waals surface area (Å²) in [5.74, 6) is 2.26. The van der Waals surface area contributed by atoms with E-state index in [0.29, 0.717) is 28.6 Å². The summed E-state index contributed by atoms with van der Waals surface area (Å²) in [4.78, 5) is 14.4. The van der Waals surface area contributed by atoms with Crippen molar-refractivity contribution in [2.45, 2.75) is 30.7 Å². The van der Waals surface area contributed by atoms with Crippen LogP contribution in [-0.2, 0) is 5.75 Å². The van der Waals surface area contributed by atoms with Crippen LogP contribution in [0.2, 0.25) is 0 Å². The normalized spacial score (nSPS) is 11.1. The van der Waals surface area contributed by atoms with Crippen molar-refractivity contribution in [3.8, 4) is 5.69 Å². The predicted molar refractivity (Wildman–Crippen MR) is 101 cm³/mol. The Bertz CT molecular complexity index is 874. The van der Waals surface area contributed by atoms with Gasteiger partial charge in [-0.15, -0.1) is 5.10 Å². The smallest absolute Gasteiger partial charge is 0.229 e. The topological polar surface area (TPSA) is 112 Å². The number of rotatable bonds is 6. The summed E-state index contributed by atoms with van der Waals surface area (Å²) in [7, 11) is 3.71. The molecule has 0 atom stereocenters. The zero-order chi connectivity index (χ0) is 18.7. The van der Waals surface area contributed by atoms with Gasteiger partial charge in [0.15, 0.2) is 0 Å². The number of hydrogen-bond acceptors (Lipinski definition) is 9. The van der Waals surface area contributed by atoms with Gasteiger partial charge >= 0.3 is 0 Å². The summed E-state index contributed by atoms with van der Waals surface area (Å²) in [5, 5.41) is 12.6. The lowest BCUT2D eigenvalue weighted by Gasteiger charge is -2.11. The molecule has 0 amide bonds. The zero-order valence-corrected chi connectivity index (χ0v) is 16.0. The van der Waals surface area contributed by atoms with E-state index in [2.05, 4.69) is 56.5 Å². The molecular formula is C16H21N9S. The van der Waals surface area contributed by atoms with E-state index >= 15 is 0 Å². The molecule has 2 aromatic heterocycles. The molecule has 136 valence electrons. The lowest BCUT2D eigenvalue weighted by Crippen LogP contribution is -2.16. The van der Waals surface area contributed by atoms with Gasteiger partial charge in [-0.1, -0.05) is 37.7 Å². The van der Waals surface area contributed by atoms with Crippen LogP contribution in [-0.4, -0.2) is 49.3 Å². The Morgan fingerprint density at radius 2 is 1.85 bits per heavy atom. The third kappa shape index (κ3) is 4.07. The number of hydrogen-bond donors (Lipinski definition) is 1. The summed E-state index contributed by atoms with van der Waals surface area (Å²) in [5.41, 5.74) is 7.94. The highest BCUT2D eigenvalue weighted by molar-refractivity contribution is 7.98. The third-order valence-electron chi connectivity index (χ3n) is 3.66. The van der Waals surface area contributed by atoms with Gasteiger partial charge in [0.25, 0.3) is 0 Å². The first-order valence-corrected chi connectivity index (χ1v) is 9.12. The Morgan fingerprint density at radius 1 is 1.12 bits per heavy atom. The second-order valence-corrected chi connectivity index (χ2v) is 7.15. The van der Waals surface area contributed by atoms with Crippen molar-refractivity contribution in [2.24, 2.45) is 0 Å². The number of thioether (sulfide) groups is 1. The van der Waals surface area contributed by atoms with Crippen LogP contribution < -0.4 is 10.6 Å². The molecule has 0 bridgehead atoms. The van der Waals surface area contributed by atoms with Gasteiger partial charge < -0.3 is 10.6 Å². The molecule has 0 aliphatic rings. The van der Waals surface area contributed by atoms with E-state index in [-0.39, 0.29) is 5.95 Å². The molecule has 0 fully saturated rings. The highest BCUT2D eigenvalue weighted by Gasteiger charge is 2.12. The average molecular weight is 371 g/mol. The van der Waals surface area contributed by atoms with E-state index in [1.807, 2.05) is 26.2 Å². The van der Waals surface area contributed by atoms with Crippen molar-refractivity contribution in [1.29, 1.82) is 0 Å². The van der Waals surface area contributed by atoms with Gasteiger partial charge in [0.1, 0.15) is 5.82 Å². The molecule has 0 spiro atoms. The lowest BCUT2D eigenvalue weighted by atomic mass is 10.0. The summed E-state index contributed by atoms with van der Waals surface area (Å²) in [6.45, 7) is 4.32. The number of aromatic nitrogens is 7. The maximum absolute atomic E-state index is 5.76. The molecule has 3 aromatic rings. The van der Waals surface area contributed by atoms with Gasteiger partial charge in [0.2, 0.25) is 17.1 Å². The predicted octanol–water partition coefficient (Wildman–Crippen LogP) is 1.91. The van der Waals surface area contributed by atoms with E-state index < -0.39 is 0 Å². The molecule has 3 rings (SSSR count). The first kappa shape index (κ1) is 18.1. The molecule has 2 N–H and O–H groups in total. The fraction of sp³-hybridized carbons (Fsp3) is 0.375. The molecule has 1 aromatic carbocycles. The first-order chi connectivity index (χ1) is 12.4. The van der Waals surface area contributed by atoms with Crippen molar-refractivity contribution in [3.63, 3.8) is 0 Å². The second kappa shape index (κ2) is 7.65.